The van der Waals surface area contributed by atoms with Gasteiger partial charge in [-0.25, -0.2) is 4.39 Å². The fourth-order valence-electron chi connectivity index (χ4n) is 3.06. The number of para-hydroxylation sites is 1. The first kappa shape index (κ1) is 20.1. The number of nitrogens with one attached hydrogen (secondary N) is 1. The molecule has 9 heteroatoms. The van der Waals surface area contributed by atoms with Crippen LogP contribution in [-0.4, -0.2) is 31.0 Å². The van der Waals surface area contributed by atoms with Crippen molar-refractivity contribution in [3.63, 3.8) is 0 Å². The Morgan fingerprint density at radius 3 is 2.43 bits per heavy atom. The molecule has 0 fully saturated rings. The Kier molecular flexibility index (Phi) is 5.27. The first-order valence-electron chi connectivity index (χ1n) is 8.87. The molecule has 1 aliphatic heterocycles. The summed E-state index contributed by atoms with van der Waals surface area (Å²) in [5.41, 5.74) is 0.868. The summed E-state index contributed by atoms with van der Waals surface area (Å²) < 4.78 is 41.3. The lowest BCUT2D eigenvalue weighted by molar-refractivity contribution is -0.116. The van der Waals surface area contributed by atoms with E-state index in [0.717, 1.165) is 0 Å². The van der Waals surface area contributed by atoms with Crippen molar-refractivity contribution in [2.24, 2.45) is 5.10 Å². The fraction of sp³-hybridized carbons (Fsp3) is 0.0476. The van der Waals surface area contributed by atoms with Crippen LogP contribution in [0.15, 0.2) is 82.8 Å². The van der Waals surface area contributed by atoms with E-state index >= 15 is 0 Å². The third-order valence-electron chi connectivity index (χ3n) is 4.43. The molecule has 1 aliphatic rings. The molecule has 1 amide bonds. The molecule has 0 bridgehead atoms. The van der Waals surface area contributed by atoms with Crippen molar-refractivity contribution in [1.29, 1.82) is 0 Å². The minimum absolute atomic E-state index is 0.0768. The van der Waals surface area contributed by atoms with Crippen molar-refractivity contribution in [2.75, 3.05) is 11.9 Å². The molecule has 0 saturated heterocycles. The number of hydrogen-bond donors (Lipinski definition) is 1. The van der Waals surface area contributed by atoms with E-state index in [1.165, 1.54) is 36.4 Å². The van der Waals surface area contributed by atoms with Crippen LogP contribution in [0.1, 0.15) is 11.1 Å². The monoisotopic (exact) mass is 443 g/mol. The summed E-state index contributed by atoms with van der Waals surface area (Å²) in [6.07, 6.45) is 0. The van der Waals surface area contributed by atoms with Crippen molar-refractivity contribution in [1.82, 2.24) is 4.41 Å². The molecule has 0 unspecified atom stereocenters. The molecule has 0 saturated carbocycles. The lowest BCUT2D eigenvalue weighted by Gasteiger charge is -2.27. The zero-order chi connectivity index (χ0) is 21.3. The molecule has 1 heterocycles. The smallest absolute Gasteiger partial charge is 0.280 e. The number of hydrazone groups is 1. The Balaban J connectivity index is 1.77. The second-order valence-corrected chi connectivity index (χ2v) is 8.72. The summed E-state index contributed by atoms with van der Waals surface area (Å²) in [6.45, 7) is -0.572. The summed E-state index contributed by atoms with van der Waals surface area (Å²) in [5.74, 6) is -1.16. The lowest BCUT2D eigenvalue weighted by Crippen LogP contribution is -2.38. The van der Waals surface area contributed by atoms with Crippen LogP contribution in [0.3, 0.4) is 0 Å². The summed E-state index contributed by atoms with van der Waals surface area (Å²) >= 11 is 6.05. The van der Waals surface area contributed by atoms with Gasteiger partial charge in [-0.2, -0.15) is 17.9 Å². The van der Waals surface area contributed by atoms with Gasteiger partial charge in [0, 0.05) is 21.8 Å². The maximum Gasteiger partial charge on any atom is 0.280 e. The van der Waals surface area contributed by atoms with E-state index in [9.17, 15) is 17.6 Å². The average molecular weight is 444 g/mol. The van der Waals surface area contributed by atoms with Gasteiger partial charge in [0.05, 0.1) is 4.90 Å². The molecule has 4 rings (SSSR count). The van der Waals surface area contributed by atoms with Crippen LogP contribution in [-0.2, 0) is 14.8 Å². The molecule has 0 atom stereocenters. The Morgan fingerprint density at radius 1 is 1.00 bits per heavy atom. The van der Waals surface area contributed by atoms with E-state index in [4.69, 9.17) is 11.6 Å². The number of amides is 1. The standard InChI is InChI=1S/C21H15ClFN3O3S/c22-14-10-11-19-17(12-14)21(16-8-4-5-9-18(16)23)25-26(30(19,28)29)13-20(27)24-15-6-2-1-3-7-15/h1-12H,13H2,(H,24,27). The topological polar surface area (TPSA) is 78.8 Å². The van der Waals surface area contributed by atoms with Crippen LogP contribution in [0.25, 0.3) is 0 Å². The van der Waals surface area contributed by atoms with E-state index in [1.54, 1.807) is 36.4 Å². The molecule has 30 heavy (non-hydrogen) atoms. The number of rotatable bonds is 4. The first-order chi connectivity index (χ1) is 14.4. The molecule has 6 nitrogen and oxygen atoms in total. The minimum Gasteiger partial charge on any atom is -0.324 e. The average Bonchev–Trinajstić information content (AvgIpc) is 2.71. The molecule has 0 radical (unpaired) electrons. The Hall–Kier alpha value is -3.23. The van der Waals surface area contributed by atoms with E-state index in [2.05, 4.69) is 10.4 Å². The third-order valence-corrected chi connectivity index (χ3v) is 6.34. The zero-order valence-corrected chi connectivity index (χ0v) is 17.0. The SMILES string of the molecule is O=C(CN1N=C(c2ccccc2F)c2cc(Cl)ccc2S1(=O)=O)Nc1ccccc1. The van der Waals surface area contributed by atoms with Crippen molar-refractivity contribution in [3.8, 4) is 0 Å². The normalized spacial score (nSPS) is 14.6. The van der Waals surface area contributed by atoms with E-state index in [0.29, 0.717) is 10.1 Å². The second-order valence-electron chi connectivity index (χ2n) is 6.47. The Morgan fingerprint density at radius 2 is 1.70 bits per heavy atom. The molecule has 152 valence electrons. The highest BCUT2D eigenvalue weighted by molar-refractivity contribution is 7.89. The van der Waals surface area contributed by atoms with Crippen LogP contribution >= 0.6 is 11.6 Å². The lowest BCUT2D eigenvalue weighted by atomic mass is 10.0. The number of halogens is 2. The van der Waals surface area contributed by atoms with Crippen molar-refractivity contribution in [2.45, 2.75) is 4.90 Å². The predicted octanol–water partition coefficient (Wildman–Crippen LogP) is 3.87. The van der Waals surface area contributed by atoms with Crippen molar-refractivity contribution in [3.05, 3.63) is 94.8 Å². The Labute approximate surface area is 177 Å². The number of sulfonamides is 1. The molecule has 0 spiro atoms. The highest BCUT2D eigenvalue weighted by Gasteiger charge is 2.35. The van der Waals surface area contributed by atoms with Crippen LogP contribution in [0.5, 0.6) is 0 Å². The van der Waals surface area contributed by atoms with Gasteiger partial charge in [-0.3, -0.25) is 4.79 Å². The number of carbonyl (C=O) groups is 1. The maximum absolute atomic E-state index is 14.5. The summed E-state index contributed by atoms with van der Waals surface area (Å²) in [6, 6.07) is 18.6. The molecular formula is C21H15ClFN3O3S. The largest absolute Gasteiger partial charge is 0.324 e. The van der Waals surface area contributed by atoms with Crippen LogP contribution < -0.4 is 5.32 Å². The number of anilines is 1. The maximum atomic E-state index is 14.5. The van der Waals surface area contributed by atoms with Crippen LogP contribution in [0, 0.1) is 5.82 Å². The third kappa shape index (κ3) is 3.79. The van der Waals surface area contributed by atoms with Gasteiger partial charge in [0.2, 0.25) is 5.91 Å². The van der Waals surface area contributed by atoms with Gasteiger partial charge >= 0.3 is 0 Å². The van der Waals surface area contributed by atoms with Gasteiger partial charge in [0.1, 0.15) is 18.1 Å². The summed E-state index contributed by atoms with van der Waals surface area (Å²) in [7, 11) is -4.14. The van der Waals surface area contributed by atoms with Crippen LogP contribution in [0.4, 0.5) is 10.1 Å². The van der Waals surface area contributed by atoms with Gasteiger partial charge in [0.25, 0.3) is 10.0 Å². The van der Waals surface area contributed by atoms with Crippen LogP contribution in [0.2, 0.25) is 5.02 Å². The summed E-state index contributed by atoms with van der Waals surface area (Å²) in [4.78, 5) is 12.4. The molecular weight excluding hydrogens is 429 g/mol. The minimum atomic E-state index is -4.14. The number of nitrogens with zero attached hydrogens (tertiary/aromatic N) is 2. The van der Waals surface area contributed by atoms with Gasteiger partial charge in [-0.1, -0.05) is 41.9 Å². The van der Waals surface area contributed by atoms with Gasteiger partial charge in [-0.15, -0.1) is 0 Å². The van der Waals surface area contributed by atoms with Gasteiger partial charge in [-0.05, 0) is 42.5 Å². The fourth-order valence-corrected chi connectivity index (χ4v) is 4.61. The first-order valence-corrected chi connectivity index (χ1v) is 10.7. The number of carbonyl (C=O) groups excluding carboxylic acids is 1. The number of fused-ring (bicyclic) bond motifs is 1. The highest BCUT2D eigenvalue weighted by Crippen LogP contribution is 2.31. The Bertz CT molecular complexity index is 1260. The number of benzene rings is 3. The van der Waals surface area contributed by atoms with Gasteiger partial charge < -0.3 is 5.32 Å². The van der Waals surface area contributed by atoms with E-state index < -0.39 is 28.3 Å². The van der Waals surface area contributed by atoms with Gasteiger partial charge in [0.15, 0.2) is 0 Å². The molecule has 1 N–H and O–H groups in total. The molecule has 0 aromatic heterocycles. The van der Waals surface area contributed by atoms with E-state index in [-0.39, 0.29) is 26.8 Å². The quantitative estimate of drug-likeness (QED) is 0.664. The second kappa shape index (κ2) is 7.89. The molecule has 0 aliphatic carbocycles. The highest BCUT2D eigenvalue weighted by atomic mass is 35.5. The number of hydrogen-bond acceptors (Lipinski definition) is 4. The summed E-state index contributed by atoms with van der Waals surface area (Å²) in [5, 5.41) is 7.03. The molecule has 3 aromatic rings. The van der Waals surface area contributed by atoms with Crippen molar-refractivity contribution >= 4 is 38.9 Å². The molecule has 3 aromatic carbocycles. The predicted molar refractivity (Wildman–Crippen MR) is 112 cm³/mol. The van der Waals surface area contributed by atoms with E-state index in [1.807, 2.05) is 0 Å². The zero-order valence-electron chi connectivity index (χ0n) is 15.4. The van der Waals surface area contributed by atoms with Crippen molar-refractivity contribution < 1.29 is 17.6 Å².